The van der Waals surface area contributed by atoms with Crippen LogP contribution in [0.15, 0.2) is 60.7 Å². The summed E-state index contributed by atoms with van der Waals surface area (Å²) in [6.45, 7) is 0.707. The smallest absolute Gasteiger partial charge is 0.253 e. The van der Waals surface area contributed by atoms with Gasteiger partial charge < -0.3 is 4.74 Å². The lowest BCUT2D eigenvalue weighted by Crippen LogP contribution is -2.42. The van der Waals surface area contributed by atoms with Crippen LogP contribution in [-0.2, 0) is 16.0 Å². The fourth-order valence-corrected chi connectivity index (χ4v) is 2.98. The van der Waals surface area contributed by atoms with E-state index < -0.39 is 0 Å². The third-order valence-electron chi connectivity index (χ3n) is 4.06. The van der Waals surface area contributed by atoms with Crippen molar-refractivity contribution in [1.29, 1.82) is 0 Å². The van der Waals surface area contributed by atoms with Crippen molar-refractivity contribution < 1.29 is 9.53 Å². The second-order valence-electron chi connectivity index (χ2n) is 5.33. The van der Waals surface area contributed by atoms with Crippen molar-refractivity contribution in [3.05, 3.63) is 77.4 Å². The van der Waals surface area contributed by atoms with Gasteiger partial charge in [0.1, 0.15) is 5.76 Å². The molecule has 2 aliphatic rings. The van der Waals surface area contributed by atoms with E-state index in [9.17, 15) is 4.79 Å². The van der Waals surface area contributed by atoms with E-state index >= 15 is 0 Å². The maximum absolute atomic E-state index is 12.4. The van der Waals surface area contributed by atoms with Crippen molar-refractivity contribution in [3.8, 4) is 0 Å². The molecule has 3 nitrogen and oxygen atoms in total. The van der Waals surface area contributed by atoms with Gasteiger partial charge in [-0.3, -0.25) is 9.69 Å². The fraction of sp³-hybridized carbons (Fsp3) is 0.167. The summed E-state index contributed by atoms with van der Waals surface area (Å²) in [7, 11) is 0. The maximum Gasteiger partial charge on any atom is 0.253 e. The van der Waals surface area contributed by atoms with E-state index in [2.05, 4.69) is 6.07 Å². The molecule has 2 aliphatic heterocycles. The normalized spacial score (nSPS) is 20.2. The number of rotatable bonds is 1. The Labute approximate surface area is 123 Å². The van der Waals surface area contributed by atoms with E-state index in [-0.39, 0.29) is 12.1 Å². The molecule has 0 saturated heterocycles. The molecule has 1 amide bonds. The molecule has 0 aliphatic carbocycles. The number of carbonyl (C=O) groups excluding carboxylic acids is 1. The molecule has 0 spiro atoms. The van der Waals surface area contributed by atoms with Crippen molar-refractivity contribution in [2.24, 2.45) is 0 Å². The van der Waals surface area contributed by atoms with Gasteiger partial charge in [-0.05, 0) is 12.0 Å². The zero-order valence-electron chi connectivity index (χ0n) is 11.5. The number of amides is 1. The highest BCUT2D eigenvalue weighted by molar-refractivity contribution is 5.95. The molecule has 0 aromatic heterocycles. The van der Waals surface area contributed by atoms with Gasteiger partial charge in [-0.15, -0.1) is 0 Å². The second-order valence-corrected chi connectivity index (χ2v) is 5.33. The molecule has 21 heavy (non-hydrogen) atoms. The van der Waals surface area contributed by atoms with E-state index in [0.717, 1.165) is 17.5 Å². The Morgan fingerprint density at radius 1 is 1.00 bits per heavy atom. The topological polar surface area (TPSA) is 29.5 Å². The average molecular weight is 277 g/mol. The van der Waals surface area contributed by atoms with Gasteiger partial charge in [0, 0.05) is 23.7 Å². The van der Waals surface area contributed by atoms with Crippen LogP contribution < -0.4 is 0 Å². The van der Waals surface area contributed by atoms with Gasteiger partial charge in [0.25, 0.3) is 5.91 Å². The fourth-order valence-electron chi connectivity index (χ4n) is 2.98. The van der Waals surface area contributed by atoms with Crippen LogP contribution in [-0.4, -0.2) is 17.4 Å². The number of hydrogen-bond donors (Lipinski definition) is 0. The predicted molar refractivity (Wildman–Crippen MR) is 80.1 cm³/mol. The Morgan fingerprint density at radius 3 is 2.62 bits per heavy atom. The molecule has 2 heterocycles. The van der Waals surface area contributed by atoms with Crippen LogP contribution in [0.5, 0.6) is 0 Å². The number of carbonyl (C=O) groups is 1. The third-order valence-corrected chi connectivity index (χ3v) is 4.06. The lowest BCUT2D eigenvalue weighted by atomic mass is 9.97. The quantitative estimate of drug-likeness (QED) is 0.801. The Hall–Kier alpha value is -2.55. The summed E-state index contributed by atoms with van der Waals surface area (Å²) in [6.07, 6.45) is 2.18. The van der Waals surface area contributed by atoms with Crippen LogP contribution in [0.25, 0.3) is 5.76 Å². The Balaban J connectivity index is 1.76. The van der Waals surface area contributed by atoms with E-state index in [1.165, 1.54) is 5.56 Å². The Bertz CT molecular complexity index is 721. The summed E-state index contributed by atoms with van der Waals surface area (Å²) < 4.78 is 6.14. The predicted octanol–water partition coefficient (Wildman–Crippen LogP) is 3.14. The van der Waals surface area contributed by atoms with Gasteiger partial charge in [0.15, 0.2) is 0 Å². The number of ether oxygens (including phenoxy) is 1. The standard InChI is InChI=1S/C18H15NO2/c20-17-12-16(14-7-2-1-3-8-14)21-18-15-9-5-4-6-13(15)10-11-19(17)18/h1-9,12,18H,10-11H2. The summed E-state index contributed by atoms with van der Waals surface area (Å²) in [5.74, 6) is 0.679. The molecular formula is C18H15NO2. The maximum atomic E-state index is 12.4. The lowest BCUT2D eigenvalue weighted by Gasteiger charge is -2.39. The molecule has 2 aromatic carbocycles. The van der Waals surface area contributed by atoms with Crippen LogP contribution in [0.2, 0.25) is 0 Å². The molecule has 2 aromatic rings. The minimum Gasteiger partial charge on any atom is -0.465 e. The van der Waals surface area contributed by atoms with Gasteiger partial charge in [0.2, 0.25) is 6.23 Å². The van der Waals surface area contributed by atoms with Crippen LogP contribution in [0.3, 0.4) is 0 Å². The number of nitrogens with zero attached hydrogens (tertiary/aromatic N) is 1. The summed E-state index contributed by atoms with van der Waals surface area (Å²) in [6, 6.07) is 18.0. The lowest BCUT2D eigenvalue weighted by molar-refractivity contribution is -0.139. The molecule has 4 rings (SSSR count). The summed E-state index contributed by atoms with van der Waals surface area (Å²) in [4.78, 5) is 14.2. The minimum atomic E-state index is -0.303. The van der Waals surface area contributed by atoms with Crippen LogP contribution in [0.1, 0.15) is 22.9 Å². The van der Waals surface area contributed by atoms with E-state index in [4.69, 9.17) is 4.74 Å². The highest BCUT2D eigenvalue weighted by atomic mass is 16.5. The van der Waals surface area contributed by atoms with Crippen molar-refractivity contribution in [1.82, 2.24) is 4.90 Å². The first-order valence-corrected chi connectivity index (χ1v) is 7.15. The molecule has 0 bridgehead atoms. The molecule has 0 fully saturated rings. The Morgan fingerprint density at radius 2 is 1.76 bits per heavy atom. The number of fused-ring (bicyclic) bond motifs is 3. The minimum absolute atomic E-state index is 0.0274. The molecule has 0 radical (unpaired) electrons. The third kappa shape index (κ3) is 2.02. The van der Waals surface area contributed by atoms with Gasteiger partial charge in [-0.25, -0.2) is 0 Å². The highest BCUT2D eigenvalue weighted by Gasteiger charge is 2.35. The van der Waals surface area contributed by atoms with Crippen LogP contribution in [0, 0.1) is 0 Å². The SMILES string of the molecule is O=C1C=C(c2ccccc2)OC2c3ccccc3CCN12. The molecule has 1 unspecified atom stereocenters. The molecule has 0 saturated carbocycles. The number of benzene rings is 2. The van der Waals surface area contributed by atoms with Crippen molar-refractivity contribution >= 4 is 11.7 Å². The van der Waals surface area contributed by atoms with Crippen LogP contribution in [0.4, 0.5) is 0 Å². The molecular weight excluding hydrogens is 262 g/mol. The highest BCUT2D eigenvalue weighted by Crippen LogP contribution is 2.37. The second kappa shape index (κ2) is 4.77. The Kier molecular flexibility index (Phi) is 2.78. The summed E-state index contributed by atoms with van der Waals surface area (Å²) in [5.41, 5.74) is 3.30. The first-order valence-electron chi connectivity index (χ1n) is 7.15. The number of hydrogen-bond acceptors (Lipinski definition) is 2. The van der Waals surface area contributed by atoms with E-state index in [1.54, 1.807) is 11.0 Å². The van der Waals surface area contributed by atoms with Gasteiger partial charge in [0.05, 0.1) is 0 Å². The largest absolute Gasteiger partial charge is 0.465 e. The van der Waals surface area contributed by atoms with Crippen molar-refractivity contribution in [2.75, 3.05) is 6.54 Å². The van der Waals surface area contributed by atoms with Gasteiger partial charge in [-0.2, -0.15) is 0 Å². The van der Waals surface area contributed by atoms with Gasteiger partial charge in [-0.1, -0.05) is 54.6 Å². The molecule has 1 atom stereocenters. The zero-order valence-corrected chi connectivity index (χ0v) is 11.5. The summed E-state index contributed by atoms with van der Waals surface area (Å²) >= 11 is 0. The first-order chi connectivity index (χ1) is 10.3. The van der Waals surface area contributed by atoms with Gasteiger partial charge >= 0.3 is 0 Å². The van der Waals surface area contributed by atoms with Crippen molar-refractivity contribution in [3.63, 3.8) is 0 Å². The molecule has 104 valence electrons. The molecule has 3 heteroatoms. The van der Waals surface area contributed by atoms with Crippen molar-refractivity contribution in [2.45, 2.75) is 12.6 Å². The van der Waals surface area contributed by atoms with Crippen LogP contribution >= 0.6 is 0 Å². The average Bonchev–Trinajstić information content (AvgIpc) is 2.55. The zero-order chi connectivity index (χ0) is 14.2. The van der Waals surface area contributed by atoms with E-state index in [1.807, 2.05) is 48.5 Å². The molecule has 0 N–H and O–H groups in total. The van der Waals surface area contributed by atoms with E-state index in [0.29, 0.717) is 12.3 Å². The monoisotopic (exact) mass is 277 g/mol. The summed E-state index contributed by atoms with van der Waals surface area (Å²) in [5, 5.41) is 0. The first kappa shape index (κ1) is 12.2.